The summed E-state index contributed by atoms with van der Waals surface area (Å²) in [6.45, 7) is 4.52. The van der Waals surface area contributed by atoms with Gasteiger partial charge in [0.25, 0.3) is 5.91 Å². The Bertz CT molecular complexity index is 1150. The Kier molecular flexibility index (Phi) is 5.97. The van der Waals surface area contributed by atoms with Crippen LogP contribution in [0.15, 0.2) is 70.7 Å². The smallest absolute Gasteiger partial charge is 0.264 e. The van der Waals surface area contributed by atoms with Gasteiger partial charge in [-0.05, 0) is 85.8 Å². The lowest BCUT2D eigenvalue weighted by Crippen LogP contribution is -2.19. The minimum absolute atomic E-state index is 0.167. The molecule has 0 saturated carbocycles. The molecule has 0 bridgehead atoms. The molecule has 1 fully saturated rings. The van der Waals surface area contributed by atoms with Crippen LogP contribution in [0.3, 0.4) is 0 Å². The van der Waals surface area contributed by atoms with Gasteiger partial charge in [0, 0.05) is 22.6 Å². The molecule has 4 rings (SSSR count). The van der Waals surface area contributed by atoms with Gasteiger partial charge in [0.05, 0.1) is 17.2 Å². The van der Waals surface area contributed by atoms with Crippen molar-refractivity contribution in [1.29, 1.82) is 0 Å². The van der Waals surface area contributed by atoms with Gasteiger partial charge in [0.15, 0.2) is 5.17 Å². The molecule has 0 atom stereocenters. The van der Waals surface area contributed by atoms with E-state index in [1.165, 1.54) is 11.8 Å². The summed E-state index contributed by atoms with van der Waals surface area (Å²) in [5, 5.41) is 4.08. The molecule has 7 heteroatoms. The molecule has 1 aromatic heterocycles. The second-order valence-electron chi connectivity index (χ2n) is 6.65. The van der Waals surface area contributed by atoms with E-state index >= 15 is 0 Å². The van der Waals surface area contributed by atoms with E-state index in [4.69, 9.17) is 16.3 Å². The van der Waals surface area contributed by atoms with Crippen LogP contribution in [0.1, 0.15) is 18.2 Å². The Morgan fingerprint density at radius 1 is 1.20 bits per heavy atom. The van der Waals surface area contributed by atoms with Crippen molar-refractivity contribution in [2.75, 3.05) is 6.61 Å². The number of hydrogen-bond donors (Lipinski definition) is 1. The predicted octanol–water partition coefficient (Wildman–Crippen LogP) is 5.73. The van der Waals surface area contributed by atoms with Gasteiger partial charge in [-0.2, -0.15) is 0 Å². The zero-order valence-electron chi connectivity index (χ0n) is 16.6. The molecule has 2 aromatic carbocycles. The highest BCUT2D eigenvalue weighted by Crippen LogP contribution is 2.30. The van der Waals surface area contributed by atoms with Gasteiger partial charge < -0.3 is 14.6 Å². The number of halogens is 1. The Morgan fingerprint density at radius 2 is 2.00 bits per heavy atom. The van der Waals surface area contributed by atoms with Gasteiger partial charge in [-0.25, -0.2) is 4.99 Å². The molecule has 0 spiro atoms. The summed E-state index contributed by atoms with van der Waals surface area (Å²) in [7, 11) is 0. The van der Waals surface area contributed by atoms with Crippen molar-refractivity contribution in [1.82, 2.24) is 9.88 Å². The Labute approximate surface area is 184 Å². The largest absolute Gasteiger partial charge is 0.494 e. The van der Waals surface area contributed by atoms with Crippen molar-refractivity contribution < 1.29 is 9.53 Å². The summed E-state index contributed by atoms with van der Waals surface area (Å²) < 4.78 is 7.44. The van der Waals surface area contributed by atoms with Crippen molar-refractivity contribution in [3.63, 3.8) is 0 Å². The van der Waals surface area contributed by atoms with Crippen LogP contribution >= 0.6 is 23.4 Å². The number of nitrogens with zero attached hydrogens (tertiary/aromatic N) is 2. The number of ether oxygens (including phenoxy) is 1. The lowest BCUT2D eigenvalue weighted by Gasteiger charge is -2.08. The molecule has 0 aliphatic carbocycles. The minimum atomic E-state index is -0.167. The van der Waals surface area contributed by atoms with Crippen molar-refractivity contribution >= 4 is 46.2 Å². The topological polar surface area (TPSA) is 55.6 Å². The van der Waals surface area contributed by atoms with Crippen LogP contribution < -0.4 is 10.1 Å². The molecule has 0 unspecified atom stereocenters. The van der Waals surface area contributed by atoms with Crippen LogP contribution in [-0.2, 0) is 4.79 Å². The van der Waals surface area contributed by atoms with Crippen LogP contribution in [-0.4, -0.2) is 22.2 Å². The molecule has 1 N–H and O–H groups in total. The zero-order valence-corrected chi connectivity index (χ0v) is 18.1. The fourth-order valence-corrected chi connectivity index (χ4v) is 4.00. The minimum Gasteiger partial charge on any atom is -0.494 e. The first-order chi connectivity index (χ1) is 14.5. The number of carbonyl (C=O) groups excluding carboxylic acids is 1. The number of aromatic nitrogens is 1. The molecule has 2 heterocycles. The molecule has 30 heavy (non-hydrogen) atoms. The SMILES string of the molecule is CCOc1ccc(N=C2NC(=O)/C(=C/c3cccn3-c3ccc(C)c(Cl)c3)S2)cc1. The summed E-state index contributed by atoms with van der Waals surface area (Å²) in [5.74, 6) is 0.626. The van der Waals surface area contributed by atoms with Gasteiger partial charge in [-0.1, -0.05) is 17.7 Å². The maximum Gasteiger partial charge on any atom is 0.264 e. The van der Waals surface area contributed by atoms with Crippen molar-refractivity contribution in [2.45, 2.75) is 13.8 Å². The lowest BCUT2D eigenvalue weighted by molar-refractivity contribution is -0.115. The van der Waals surface area contributed by atoms with Gasteiger partial charge in [-0.3, -0.25) is 4.79 Å². The number of hydrogen-bond acceptors (Lipinski definition) is 4. The molecule has 5 nitrogen and oxygen atoms in total. The summed E-state index contributed by atoms with van der Waals surface area (Å²) in [6.07, 6.45) is 3.80. The first kappa shape index (κ1) is 20.3. The molecule has 152 valence electrons. The normalized spacial score (nSPS) is 16.3. The van der Waals surface area contributed by atoms with Gasteiger partial charge >= 0.3 is 0 Å². The van der Waals surface area contributed by atoms with E-state index in [0.29, 0.717) is 21.7 Å². The third-order valence-corrected chi connectivity index (χ3v) is 5.84. The fourth-order valence-electron chi connectivity index (χ4n) is 2.99. The Hall–Kier alpha value is -2.96. The van der Waals surface area contributed by atoms with E-state index in [0.717, 1.165) is 28.4 Å². The van der Waals surface area contributed by atoms with Crippen LogP contribution in [0, 0.1) is 6.92 Å². The van der Waals surface area contributed by atoms with E-state index in [2.05, 4.69) is 10.3 Å². The van der Waals surface area contributed by atoms with Gasteiger partial charge in [0.2, 0.25) is 0 Å². The van der Waals surface area contributed by atoms with Gasteiger partial charge in [-0.15, -0.1) is 0 Å². The van der Waals surface area contributed by atoms with E-state index < -0.39 is 0 Å². The second-order valence-corrected chi connectivity index (χ2v) is 8.08. The Balaban J connectivity index is 1.56. The highest BCUT2D eigenvalue weighted by molar-refractivity contribution is 8.18. The van der Waals surface area contributed by atoms with Crippen LogP contribution in [0.2, 0.25) is 5.02 Å². The monoisotopic (exact) mass is 437 g/mol. The van der Waals surface area contributed by atoms with Crippen LogP contribution in [0.5, 0.6) is 5.75 Å². The van der Waals surface area contributed by atoms with E-state index in [1.807, 2.05) is 85.3 Å². The fraction of sp³-hybridized carbons (Fsp3) is 0.130. The third kappa shape index (κ3) is 4.45. The van der Waals surface area contributed by atoms with E-state index in [-0.39, 0.29) is 5.91 Å². The Morgan fingerprint density at radius 3 is 2.73 bits per heavy atom. The summed E-state index contributed by atoms with van der Waals surface area (Å²) in [5.41, 5.74) is 3.59. The number of nitrogens with one attached hydrogen (secondary N) is 1. The molecule has 1 amide bonds. The molecule has 1 aliphatic heterocycles. The maximum atomic E-state index is 12.5. The van der Waals surface area contributed by atoms with Crippen molar-refractivity contribution in [3.05, 3.63) is 82.0 Å². The lowest BCUT2D eigenvalue weighted by atomic mass is 10.2. The zero-order chi connectivity index (χ0) is 21.1. The average molecular weight is 438 g/mol. The molecule has 0 radical (unpaired) electrons. The van der Waals surface area contributed by atoms with Crippen LogP contribution in [0.4, 0.5) is 5.69 Å². The highest BCUT2D eigenvalue weighted by Gasteiger charge is 2.24. The summed E-state index contributed by atoms with van der Waals surface area (Å²) in [6, 6.07) is 17.2. The van der Waals surface area contributed by atoms with Crippen molar-refractivity contribution in [2.24, 2.45) is 4.99 Å². The van der Waals surface area contributed by atoms with Gasteiger partial charge in [0.1, 0.15) is 5.75 Å². The van der Waals surface area contributed by atoms with E-state index in [9.17, 15) is 4.79 Å². The standard InChI is InChI=1S/C23H20ClN3O2S/c1-3-29-19-10-7-16(8-11-19)25-23-26-22(28)21(30-23)14-17-5-4-12-27(17)18-9-6-15(2)20(24)13-18/h4-14H,3H2,1-2H3,(H,25,26,28)/b21-14-. The first-order valence-electron chi connectivity index (χ1n) is 9.50. The number of amidine groups is 1. The number of rotatable bonds is 5. The third-order valence-electron chi connectivity index (χ3n) is 4.52. The predicted molar refractivity (Wildman–Crippen MR) is 124 cm³/mol. The molecule has 1 saturated heterocycles. The van der Waals surface area contributed by atoms with Crippen LogP contribution in [0.25, 0.3) is 11.8 Å². The number of thioether (sulfide) groups is 1. The number of aryl methyl sites for hydroxylation is 1. The van der Waals surface area contributed by atoms with Crippen molar-refractivity contribution in [3.8, 4) is 11.4 Å². The number of benzene rings is 2. The highest BCUT2D eigenvalue weighted by atomic mass is 35.5. The molecular weight excluding hydrogens is 418 g/mol. The number of aliphatic imine (C=N–C) groups is 1. The quantitative estimate of drug-likeness (QED) is 0.518. The molecular formula is C23H20ClN3O2S. The first-order valence-corrected chi connectivity index (χ1v) is 10.7. The number of amides is 1. The second kappa shape index (κ2) is 8.81. The molecule has 3 aromatic rings. The maximum absolute atomic E-state index is 12.5. The van der Waals surface area contributed by atoms with E-state index in [1.54, 1.807) is 0 Å². The summed E-state index contributed by atoms with van der Waals surface area (Å²) >= 11 is 7.59. The average Bonchev–Trinajstić information content (AvgIpc) is 3.32. The molecule has 1 aliphatic rings. The number of carbonyl (C=O) groups is 1. The summed E-state index contributed by atoms with van der Waals surface area (Å²) in [4.78, 5) is 17.6.